The molecule has 72 valence electrons. The van der Waals surface area contributed by atoms with Gasteiger partial charge < -0.3 is 9.26 Å². The molecule has 0 radical (unpaired) electrons. The van der Waals surface area contributed by atoms with Crippen molar-refractivity contribution in [3.8, 4) is 17.0 Å². The maximum Gasteiger partial charge on any atom is 0.134 e. The Labute approximate surface area is 82.3 Å². The summed E-state index contributed by atoms with van der Waals surface area (Å²) >= 11 is 0. The molecule has 14 heavy (non-hydrogen) atoms. The maximum absolute atomic E-state index is 5.12. The summed E-state index contributed by atoms with van der Waals surface area (Å²) in [7, 11) is 1.65. The van der Waals surface area contributed by atoms with Crippen LogP contribution in [0.3, 0.4) is 0 Å². The normalized spacial score (nSPS) is 10.1. The van der Waals surface area contributed by atoms with Gasteiger partial charge in [-0.1, -0.05) is 17.3 Å². The third-order valence-electron chi connectivity index (χ3n) is 1.99. The van der Waals surface area contributed by atoms with Crippen molar-refractivity contribution in [1.29, 1.82) is 0 Å². The van der Waals surface area contributed by atoms with Crippen LogP contribution >= 0.6 is 0 Å². The molecule has 3 heteroatoms. The lowest BCUT2D eigenvalue weighted by Gasteiger charge is -2.00. The molecule has 0 saturated heterocycles. The molecular formula is C11H11NO2. The highest BCUT2D eigenvalue weighted by atomic mass is 16.5. The number of aromatic nitrogens is 1. The topological polar surface area (TPSA) is 35.3 Å². The van der Waals surface area contributed by atoms with Crippen LogP contribution in [0.1, 0.15) is 5.76 Å². The summed E-state index contributed by atoms with van der Waals surface area (Å²) in [6.45, 7) is 1.87. The van der Waals surface area contributed by atoms with Gasteiger partial charge in [0.15, 0.2) is 0 Å². The van der Waals surface area contributed by atoms with Gasteiger partial charge in [0.25, 0.3) is 0 Å². The predicted molar refractivity (Wildman–Crippen MR) is 53.2 cm³/mol. The molecule has 0 aliphatic rings. The first-order valence-electron chi connectivity index (χ1n) is 4.37. The molecule has 1 aromatic heterocycles. The molecule has 0 atom stereocenters. The second-order valence-electron chi connectivity index (χ2n) is 3.05. The van der Waals surface area contributed by atoms with Crippen molar-refractivity contribution in [2.24, 2.45) is 0 Å². The fourth-order valence-electron chi connectivity index (χ4n) is 1.28. The lowest BCUT2D eigenvalue weighted by molar-refractivity contribution is 0.399. The molecule has 2 rings (SSSR count). The van der Waals surface area contributed by atoms with E-state index < -0.39 is 0 Å². The lowest BCUT2D eigenvalue weighted by Crippen LogP contribution is -1.83. The van der Waals surface area contributed by atoms with Crippen LogP contribution in [0.15, 0.2) is 34.9 Å². The summed E-state index contributed by atoms with van der Waals surface area (Å²) in [6.07, 6.45) is 0. The van der Waals surface area contributed by atoms with E-state index in [1.807, 2.05) is 37.3 Å². The Bertz CT molecular complexity index is 434. The van der Waals surface area contributed by atoms with E-state index in [0.717, 1.165) is 22.8 Å². The number of nitrogens with zero attached hydrogens (tertiary/aromatic N) is 1. The number of rotatable bonds is 2. The first-order chi connectivity index (χ1) is 6.79. The smallest absolute Gasteiger partial charge is 0.134 e. The van der Waals surface area contributed by atoms with Gasteiger partial charge in [-0.05, 0) is 19.1 Å². The molecule has 0 saturated carbocycles. The van der Waals surface area contributed by atoms with Crippen LogP contribution in [-0.4, -0.2) is 12.3 Å². The zero-order valence-corrected chi connectivity index (χ0v) is 8.15. The van der Waals surface area contributed by atoms with E-state index in [1.165, 1.54) is 0 Å². The Morgan fingerprint density at radius 3 is 2.79 bits per heavy atom. The van der Waals surface area contributed by atoms with Crippen molar-refractivity contribution in [3.63, 3.8) is 0 Å². The largest absolute Gasteiger partial charge is 0.497 e. The van der Waals surface area contributed by atoms with E-state index in [9.17, 15) is 0 Å². The van der Waals surface area contributed by atoms with Gasteiger partial charge >= 0.3 is 0 Å². The van der Waals surface area contributed by atoms with Gasteiger partial charge in [0.05, 0.1) is 7.11 Å². The minimum Gasteiger partial charge on any atom is -0.497 e. The molecule has 0 unspecified atom stereocenters. The summed E-state index contributed by atoms with van der Waals surface area (Å²) < 4.78 is 10.1. The van der Waals surface area contributed by atoms with Gasteiger partial charge in [0, 0.05) is 11.6 Å². The zero-order chi connectivity index (χ0) is 9.97. The van der Waals surface area contributed by atoms with Crippen LogP contribution < -0.4 is 4.74 Å². The van der Waals surface area contributed by atoms with Crippen LogP contribution in [-0.2, 0) is 0 Å². The minimum atomic E-state index is 0.808. The van der Waals surface area contributed by atoms with Crippen molar-refractivity contribution in [3.05, 3.63) is 36.1 Å². The number of methoxy groups -OCH3 is 1. The minimum absolute atomic E-state index is 0.808. The zero-order valence-electron chi connectivity index (χ0n) is 8.15. The number of hydrogen-bond donors (Lipinski definition) is 0. The van der Waals surface area contributed by atoms with Crippen molar-refractivity contribution in [1.82, 2.24) is 5.16 Å². The van der Waals surface area contributed by atoms with Gasteiger partial charge in [-0.2, -0.15) is 0 Å². The summed E-state index contributed by atoms with van der Waals surface area (Å²) in [5, 5.41) is 3.93. The lowest BCUT2D eigenvalue weighted by atomic mass is 10.1. The summed E-state index contributed by atoms with van der Waals surface area (Å²) in [5.41, 5.74) is 1.84. The summed E-state index contributed by atoms with van der Waals surface area (Å²) in [4.78, 5) is 0. The molecule has 2 aromatic rings. The van der Waals surface area contributed by atoms with Crippen LogP contribution in [0.4, 0.5) is 0 Å². The molecular weight excluding hydrogens is 178 g/mol. The van der Waals surface area contributed by atoms with Crippen molar-refractivity contribution < 1.29 is 9.26 Å². The van der Waals surface area contributed by atoms with Crippen LogP contribution in [0, 0.1) is 6.92 Å². The van der Waals surface area contributed by atoms with Gasteiger partial charge in [0.1, 0.15) is 17.2 Å². The summed E-state index contributed by atoms with van der Waals surface area (Å²) in [5.74, 6) is 1.63. The van der Waals surface area contributed by atoms with E-state index in [-0.39, 0.29) is 0 Å². The number of ether oxygens (including phenoxy) is 1. The third kappa shape index (κ3) is 1.62. The van der Waals surface area contributed by atoms with Crippen LogP contribution in [0.25, 0.3) is 11.3 Å². The Kier molecular flexibility index (Phi) is 2.23. The second-order valence-corrected chi connectivity index (χ2v) is 3.05. The molecule has 1 aromatic carbocycles. The Balaban J connectivity index is 2.41. The fourth-order valence-corrected chi connectivity index (χ4v) is 1.28. The molecule has 0 bridgehead atoms. The van der Waals surface area contributed by atoms with E-state index in [4.69, 9.17) is 9.26 Å². The van der Waals surface area contributed by atoms with Gasteiger partial charge in [-0.3, -0.25) is 0 Å². The molecule has 1 heterocycles. The Morgan fingerprint density at radius 1 is 1.29 bits per heavy atom. The second kappa shape index (κ2) is 3.54. The van der Waals surface area contributed by atoms with Crippen LogP contribution in [0.2, 0.25) is 0 Å². The Hall–Kier alpha value is -1.77. The molecule has 3 nitrogen and oxygen atoms in total. The van der Waals surface area contributed by atoms with Crippen molar-refractivity contribution in [2.75, 3.05) is 7.11 Å². The summed E-state index contributed by atoms with van der Waals surface area (Å²) in [6, 6.07) is 9.63. The highest BCUT2D eigenvalue weighted by molar-refractivity contribution is 5.60. The molecule has 0 spiro atoms. The predicted octanol–water partition coefficient (Wildman–Crippen LogP) is 2.66. The SMILES string of the molecule is COc1cccc(-c2cc(C)on2)c1. The van der Waals surface area contributed by atoms with E-state index in [2.05, 4.69) is 5.16 Å². The average molecular weight is 189 g/mol. The quantitative estimate of drug-likeness (QED) is 0.728. The first kappa shape index (κ1) is 8.81. The fraction of sp³-hybridized carbons (Fsp3) is 0.182. The van der Waals surface area contributed by atoms with Gasteiger partial charge in [-0.15, -0.1) is 0 Å². The maximum atomic E-state index is 5.12. The highest BCUT2D eigenvalue weighted by Gasteiger charge is 2.03. The third-order valence-corrected chi connectivity index (χ3v) is 1.99. The van der Waals surface area contributed by atoms with E-state index in [1.54, 1.807) is 7.11 Å². The van der Waals surface area contributed by atoms with Crippen molar-refractivity contribution in [2.45, 2.75) is 6.92 Å². The number of hydrogen-bond acceptors (Lipinski definition) is 3. The molecule has 0 N–H and O–H groups in total. The van der Waals surface area contributed by atoms with Crippen LogP contribution in [0.5, 0.6) is 5.75 Å². The van der Waals surface area contributed by atoms with Gasteiger partial charge in [0.2, 0.25) is 0 Å². The standard InChI is InChI=1S/C11H11NO2/c1-8-6-11(12-14-8)9-4-3-5-10(7-9)13-2/h3-7H,1-2H3. The molecule has 0 amide bonds. The number of aryl methyl sites for hydroxylation is 1. The average Bonchev–Trinajstić information content (AvgIpc) is 2.65. The van der Waals surface area contributed by atoms with E-state index >= 15 is 0 Å². The van der Waals surface area contributed by atoms with E-state index in [0.29, 0.717) is 0 Å². The Morgan fingerprint density at radius 2 is 2.14 bits per heavy atom. The van der Waals surface area contributed by atoms with Gasteiger partial charge in [-0.25, -0.2) is 0 Å². The molecule has 0 aliphatic heterocycles. The number of benzene rings is 1. The highest BCUT2D eigenvalue weighted by Crippen LogP contribution is 2.22. The molecule has 0 aliphatic carbocycles. The monoisotopic (exact) mass is 189 g/mol. The first-order valence-corrected chi connectivity index (χ1v) is 4.37. The molecule has 0 fully saturated rings. The van der Waals surface area contributed by atoms with Crippen molar-refractivity contribution >= 4 is 0 Å².